The van der Waals surface area contributed by atoms with Crippen LogP contribution in [0.5, 0.6) is 0 Å². The Balaban J connectivity index is 1.30. The van der Waals surface area contributed by atoms with E-state index in [0.717, 1.165) is 24.4 Å². The lowest BCUT2D eigenvalue weighted by atomic mass is 10.0. The number of piperazine rings is 1. The van der Waals surface area contributed by atoms with Gasteiger partial charge >= 0.3 is 0 Å². The van der Waals surface area contributed by atoms with Gasteiger partial charge in [0.2, 0.25) is 21.9 Å². The summed E-state index contributed by atoms with van der Waals surface area (Å²) in [5, 5.41) is 6.33. The van der Waals surface area contributed by atoms with Gasteiger partial charge in [0.15, 0.2) is 0 Å². The number of hydrogen-bond acceptors (Lipinski definition) is 7. The second-order valence-electron chi connectivity index (χ2n) is 9.40. The Morgan fingerprint density at radius 3 is 2.43 bits per heavy atom. The van der Waals surface area contributed by atoms with Gasteiger partial charge in [-0.3, -0.25) is 4.79 Å². The minimum atomic E-state index is -3.62. The van der Waals surface area contributed by atoms with Crippen LogP contribution < -0.4 is 15.5 Å². The predicted octanol–water partition coefficient (Wildman–Crippen LogP) is 3.26. The van der Waals surface area contributed by atoms with Crippen LogP contribution in [0.15, 0.2) is 35.2 Å². The van der Waals surface area contributed by atoms with Crippen LogP contribution in [0.1, 0.15) is 50.3 Å². The number of nitrogens with zero attached hydrogens (tertiary/aromatic N) is 4. The van der Waals surface area contributed by atoms with Crippen LogP contribution in [0, 0.1) is 0 Å². The number of anilines is 3. The van der Waals surface area contributed by atoms with Crippen molar-refractivity contribution in [2.75, 3.05) is 41.7 Å². The molecule has 1 amide bonds. The monoisotopic (exact) mass is 496 g/mol. The number of fused-ring (bicyclic) bond motifs is 1. The first-order valence-corrected chi connectivity index (χ1v) is 13.8. The van der Waals surface area contributed by atoms with Crippen molar-refractivity contribution in [1.29, 1.82) is 0 Å². The normalized spacial score (nSPS) is 18.9. The minimum absolute atomic E-state index is 0.196. The third-order valence-electron chi connectivity index (χ3n) is 6.89. The van der Waals surface area contributed by atoms with Gasteiger partial charge in [-0.1, -0.05) is 18.9 Å². The summed E-state index contributed by atoms with van der Waals surface area (Å²) >= 11 is 0. The molecule has 2 heterocycles. The number of amides is 1. The number of sulfonamides is 1. The fourth-order valence-electron chi connectivity index (χ4n) is 5.01. The molecule has 1 aromatic heterocycles. The van der Waals surface area contributed by atoms with Gasteiger partial charge in [0.1, 0.15) is 5.82 Å². The first kappa shape index (κ1) is 23.7. The molecular weight excluding hydrogens is 464 g/mol. The topological polar surface area (TPSA) is 108 Å². The van der Waals surface area contributed by atoms with Gasteiger partial charge < -0.3 is 15.5 Å². The Bertz CT molecular complexity index is 1210. The second kappa shape index (κ2) is 9.94. The van der Waals surface area contributed by atoms with Crippen molar-refractivity contribution in [1.82, 2.24) is 14.3 Å². The van der Waals surface area contributed by atoms with E-state index in [-0.39, 0.29) is 10.8 Å². The molecule has 2 aliphatic carbocycles. The van der Waals surface area contributed by atoms with Crippen LogP contribution in [0.2, 0.25) is 0 Å². The molecule has 0 unspecified atom stereocenters. The molecule has 35 heavy (non-hydrogen) atoms. The van der Waals surface area contributed by atoms with Gasteiger partial charge in [0, 0.05) is 50.4 Å². The van der Waals surface area contributed by atoms with Gasteiger partial charge in [0.25, 0.3) is 0 Å². The molecular formula is C25H32N6O3S. The van der Waals surface area contributed by atoms with Crippen LogP contribution in [0.4, 0.5) is 17.5 Å². The highest BCUT2D eigenvalue weighted by Crippen LogP contribution is 2.30. The minimum Gasteiger partial charge on any atom is -0.367 e. The number of benzene rings is 1. The van der Waals surface area contributed by atoms with Crippen molar-refractivity contribution in [3.05, 3.63) is 41.6 Å². The Kier molecular flexibility index (Phi) is 6.75. The number of carbonyl (C=O) groups is 1. The summed E-state index contributed by atoms with van der Waals surface area (Å²) in [4.78, 5) is 23.3. The van der Waals surface area contributed by atoms with Crippen molar-refractivity contribution in [2.24, 2.45) is 0 Å². The first-order valence-electron chi connectivity index (χ1n) is 12.4. The Morgan fingerprint density at radius 2 is 1.74 bits per heavy atom. The van der Waals surface area contributed by atoms with Crippen LogP contribution in [0.25, 0.3) is 6.08 Å². The van der Waals surface area contributed by atoms with Crippen molar-refractivity contribution >= 4 is 39.5 Å². The first-order chi connectivity index (χ1) is 16.9. The van der Waals surface area contributed by atoms with E-state index in [1.165, 1.54) is 54.6 Å². The average molecular weight is 497 g/mol. The van der Waals surface area contributed by atoms with E-state index in [0.29, 0.717) is 43.9 Å². The Labute approximate surface area is 206 Å². The van der Waals surface area contributed by atoms with Crippen molar-refractivity contribution in [2.45, 2.75) is 56.4 Å². The van der Waals surface area contributed by atoms with E-state index in [9.17, 15) is 13.2 Å². The Morgan fingerprint density at radius 1 is 1.03 bits per heavy atom. The van der Waals surface area contributed by atoms with E-state index >= 15 is 0 Å². The zero-order valence-corrected chi connectivity index (χ0v) is 20.9. The third kappa shape index (κ3) is 5.18. The van der Waals surface area contributed by atoms with Gasteiger partial charge in [-0.15, -0.1) is 0 Å². The lowest BCUT2D eigenvalue weighted by molar-refractivity contribution is -0.114. The van der Waals surface area contributed by atoms with Crippen LogP contribution in [-0.2, 0) is 21.2 Å². The molecule has 0 bridgehead atoms. The molecule has 1 saturated heterocycles. The zero-order chi connectivity index (χ0) is 24.4. The third-order valence-corrected chi connectivity index (χ3v) is 8.81. The number of aromatic nitrogens is 2. The molecule has 5 rings (SSSR count). The van der Waals surface area contributed by atoms with Gasteiger partial charge in [-0.25, -0.2) is 13.4 Å². The summed E-state index contributed by atoms with van der Waals surface area (Å²) in [5.41, 5.74) is 2.73. The van der Waals surface area contributed by atoms with Gasteiger partial charge in [-0.05, 0) is 56.0 Å². The van der Waals surface area contributed by atoms with Crippen LogP contribution in [0.3, 0.4) is 0 Å². The molecule has 2 aromatic rings. The molecule has 0 atom stereocenters. The van der Waals surface area contributed by atoms with E-state index in [2.05, 4.69) is 27.7 Å². The maximum absolute atomic E-state index is 13.2. The van der Waals surface area contributed by atoms with E-state index < -0.39 is 10.0 Å². The molecule has 2 fully saturated rings. The lowest BCUT2D eigenvalue weighted by Crippen LogP contribution is -2.49. The number of rotatable bonds is 6. The van der Waals surface area contributed by atoms with Crippen LogP contribution in [-0.4, -0.2) is 60.8 Å². The molecule has 9 nitrogen and oxygen atoms in total. The fraction of sp³-hybridized carbons (Fsp3) is 0.480. The molecule has 1 aliphatic heterocycles. The molecule has 3 aliphatic rings. The smallest absolute Gasteiger partial charge is 0.243 e. The lowest BCUT2D eigenvalue weighted by Gasteiger charge is -2.34. The number of hydrogen-bond donors (Lipinski definition) is 2. The van der Waals surface area contributed by atoms with Crippen molar-refractivity contribution < 1.29 is 13.2 Å². The summed E-state index contributed by atoms with van der Waals surface area (Å²) in [5.74, 6) is 1.40. The van der Waals surface area contributed by atoms with E-state index in [1.807, 2.05) is 0 Å². The van der Waals surface area contributed by atoms with Crippen molar-refractivity contribution in [3.8, 4) is 0 Å². The molecule has 0 radical (unpaired) electrons. The summed E-state index contributed by atoms with van der Waals surface area (Å²) in [6.45, 7) is 3.18. The highest BCUT2D eigenvalue weighted by Gasteiger charge is 2.30. The highest BCUT2D eigenvalue weighted by molar-refractivity contribution is 7.89. The maximum atomic E-state index is 13.2. The zero-order valence-electron chi connectivity index (χ0n) is 20.0. The molecule has 0 spiro atoms. The summed E-state index contributed by atoms with van der Waals surface area (Å²) in [6.07, 6.45) is 11.0. The van der Waals surface area contributed by atoms with Gasteiger partial charge in [-0.2, -0.15) is 9.29 Å². The highest BCUT2D eigenvalue weighted by atomic mass is 32.2. The number of nitrogens with one attached hydrogen (secondary N) is 2. The quantitative estimate of drug-likeness (QED) is 0.632. The second-order valence-corrected chi connectivity index (χ2v) is 11.3. The fourth-order valence-corrected chi connectivity index (χ4v) is 6.43. The van der Waals surface area contributed by atoms with Crippen LogP contribution >= 0.6 is 0 Å². The van der Waals surface area contributed by atoms with Gasteiger partial charge in [0.05, 0.1) is 10.6 Å². The van der Waals surface area contributed by atoms with E-state index in [1.54, 1.807) is 12.1 Å². The average Bonchev–Trinajstić information content (AvgIpc) is 3.37. The molecule has 10 heteroatoms. The predicted molar refractivity (Wildman–Crippen MR) is 137 cm³/mol. The SMILES string of the molecule is CC(=O)Nc1ccc(S(=O)(=O)N2CCN(c3nc4c(c(NC5CCCC5)n3)CCC=C4)CC2)cc1. The summed E-state index contributed by atoms with van der Waals surface area (Å²) in [6, 6.07) is 6.75. The van der Waals surface area contributed by atoms with E-state index in [4.69, 9.17) is 9.97 Å². The number of allylic oxidation sites excluding steroid dienone is 1. The molecule has 186 valence electrons. The van der Waals surface area contributed by atoms with Crippen molar-refractivity contribution in [3.63, 3.8) is 0 Å². The molecule has 1 aromatic carbocycles. The maximum Gasteiger partial charge on any atom is 0.243 e. The standard InChI is InChI=1S/C25H32N6O3S/c1-18(32)26-20-10-12-21(13-11-20)35(33,34)31-16-14-30(15-17-31)25-28-23-9-5-4-8-22(23)24(29-25)27-19-6-2-3-7-19/h5,9-13,19H,2-4,6-8,14-17H2,1H3,(H,26,32)(H,27,28,29). The number of carbonyl (C=O) groups excluding carboxylic acids is 1. The molecule has 2 N–H and O–H groups in total. The summed E-state index contributed by atoms with van der Waals surface area (Å²) < 4.78 is 27.9. The Hall–Kier alpha value is -2.98. The largest absolute Gasteiger partial charge is 0.367 e. The summed E-state index contributed by atoms with van der Waals surface area (Å²) in [7, 11) is -3.62. The molecule has 1 saturated carbocycles.